The van der Waals surface area contributed by atoms with Crippen LogP contribution in [0.25, 0.3) is 0 Å². The molecule has 3 rings (SSSR count). The minimum atomic E-state index is -0.273. The maximum Gasteiger partial charge on any atom is 0.261 e. The van der Waals surface area contributed by atoms with Gasteiger partial charge in [0.05, 0.1) is 11.1 Å². The van der Waals surface area contributed by atoms with Gasteiger partial charge in [0.25, 0.3) is 17.7 Å². The maximum absolute atomic E-state index is 12.9. The van der Waals surface area contributed by atoms with Gasteiger partial charge in [-0.05, 0) is 43.4 Å². The predicted octanol–water partition coefficient (Wildman–Crippen LogP) is 3.34. The molecule has 5 heteroatoms. The lowest BCUT2D eigenvalue weighted by Crippen LogP contribution is -2.36. The Morgan fingerprint density at radius 3 is 2.48 bits per heavy atom. The Morgan fingerprint density at radius 1 is 1.20 bits per heavy atom. The molecular weight excluding hydrogens is 316 g/mol. The van der Waals surface area contributed by atoms with Crippen LogP contribution in [0, 0.1) is 5.92 Å². The highest BCUT2D eigenvalue weighted by Gasteiger charge is 2.37. The third kappa shape index (κ3) is 3.46. The number of unbranched alkanes of at least 4 members (excludes halogenated alkanes) is 1. The number of rotatable bonds is 7. The Kier molecular flexibility index (Phi) is 4.93. The van der Waals surface area contributed by atoms with E-state index in [0.29, 0.717) is 35.2 Å². The van der Waals surface area contributed by atoms with E-state index in [1.807, 2.05) is 11.8 Å². The fraction of sp³-hybridized carbons (Fsp3) is 0.550. The molecular formula is C20H26N2O3. The summed E-state index contributed by atoms with van der Waals surface area (Å²) in [5.41, 5.74) is 1.29. The molecule has 1 aliphatic carbocycles. The highest BCUT2D eigenvalue weighted by Crippen LogP contribution is 2.30. The van der Waals surface area contributed by atoms with E-state index in [1.165, 1.54) is 4.90 Å². The van der Waals surface area contributed by atoms with E-state index in [0.717, 1.165) is 32.2 Å². The molecule has 5 nitrogen and oxygen atoms in total. The van der Waals surface area contributed by atoms with Gasteiger partial charge >= 0.3 is 0 Å². The Morgan fingerprint density at radius 2 is 1.88 bits per heavy atom. The summed E-state index contributed by atoms with van der Waals surface area (Å²) in [6.07, 6.45) is 3.81. The van der Waals surface area contributed by atoms with Gasteiger partial charge in [0.15, 0.2) is 0 Å². The van der Waals surface area contributed by atoms with Crippen LogP contribution in [0.4, 0.5) is 0 Å². The smallest absolute Gasteiger partial charge is 0.261 e. The van der Waals surface area contributed by atoms with Crippen LogP contribution >= 0.6 is 0 Å². The largest absolute Gasteiger partial charge is 0.335 e. The molecule has 1 aromatic carbocycles. The fourth-order valence-corrected chi connectivity index (χ4v) is 3.29. The van der Waals surface area contributed by atoms with Crippen molar-refractivity contribution in [2.75, 3.05) is 13.1 Å². The number of amides is 3. The lowest BCUT2D eigenvalue weighted by molar-refractivity contribution is 0.0651. The van der Waals surface area contributed by atoms with Crippen LogP contribution in [0.2, 0.25) is 0 Å². The SMILES string of the molecule is CCCCN1C(=O)c2ccc(C(=O)N(CC(C)C)C3CC3)cc2C1=O. The van der Waals surface area contributed by atoms with Gasteiger partial charge in [0.2, 0.25) is 0 Å². The number of imide groups is 1. The molecule has 0 radical (unpaired) electrons. The summed E-state index contributed by atoms with van der Waals surface area (Å²) in [6, 6.07) is 5.25. The topological polar surface area (TPSA) is 57.7 Å². The lowest BCUT2D eigenvalue weighted by Gasteiger charge is -2.24. The van der Waals surface area contributed by atoms with E-state index in [-0.39, 0.29) is 17.7 Å². The lowest BCUT2D eigenvalue weighted by atomic mass is 10.0. The molecule has 0 saturated heterocycles. The van der Waals surface area contributed by atoms with Crippen LogP contribution in [0.1, 0.15) is 77.5 Å². The molecule has 2 aliphatic rings. The number of hydrogen-bond acceptors (Lipinski definition) is 3. The fourth-order valence-electron chi connectivity index (χ4n) is 3.29. The molecule has 25 heavy (non-hydrogen) atoms. The van der Waals surface area contributed by atoms with Gasteiger partial charge in [-0.25, -0.2) is 0 Å². The van der Waals surface area contributed by atoms with Crippen molar-refractivity contribution in [3.63, 3.8) is 0 Å². The van der Waals surface area contributed by atoms with E-state index in [1.54, 1.807) is 18.2 Å². The Hall–Kier alpha value is -2.17. The molecule has 1 saturated carbocycles. The molecule has 1 fully saturated rings. The van der Waals surface area contributed by atoms with Gasteiger partial charge in [-0.15, -0.1) is 0 Å². The molecule has 1 aromatic rings. The predicted molar refractivity (Wildman–Crippen MR) is 95.6 cm³/mol. The molecule has 0 spiro atoms. The molecule has 1 aliphatic heterocycles. The average Bonchev–Trinajstić information content (AvgIpc) is 3.39. The highest BCUT2D eigenvalue weighted by atomic mass is 16.2. The third-order valence-electron chi connectivity index (χ3n) is 4.76. The standard InChI is InChI=1S/C20H26N2O3/c1-4-5-10-21-19(24)16-9-6-14(11-17(16)20(21)25)18(23)22(12-13(2)3)15-7-8-15/h6,9,11,13,15H,4-5,7-8,10,12H2,1-3H3. The van der Waals surface area contributed by atoms with Crippen molar-refractivity contribution in [1.29, 1.82) is 0 Å². The summed E-state index contributed by atoms with van der Waals surface area (Å²) < 4.78 is 0. The number of benzene rings is 1. The second-order valence-corrected chi connectivity index (χ2v) is 7.46. The third-order valence-corrected chi connectivity index (χ3v) is 4.76. The van der Waals surface area contributed by atoms with Crippen molar-refractivity contribution < 1.29 is 14.4 Å². The first-order chi connectivity index (χ1) is 11.9. The van der Waals surface area contributed by atoms with Gasteiger partial charge in [-0.1, -0.05) is 27.2 Å². The van der Waals surface area contributed by atoms with Crippen LogP contribution in [0.3, 0.4) is 0 Å². The van der Waals surface area contributed by atoms with Crippen LogP contribution in [-0.4, -0.2) is 46.7 Å². The van der Waals surface area contributed by atoms with Crippen LogP contribution in [-0.2, 0) is 0 Å². The van der Waals surface area contributed by atoms with Gasteiger partial charge < -0.3 is 4.90 Å². The second kappa shape index (κ2) is 6.98. The van der Waals surface area contributed by atoms with Crippen molar-refractivity contribution in [3.8, 4) is 0 Å². The quantitative estimate of drug-likeness (QED) is 0.714. The first-order valence-electron chi connectivity index (χ1n) is 9.25. The molecule has 0 bridgehead atoms. The molecule has 0 atom stereocenters. The first-order valence-corrected chi connectivity index (χ1v) is 9.25. The molecule has 0 N–H and O–H groups in total. The normalized spacial score (nSPS) is 16.6. The van der Waals surface area contributed by atoms with Gasteiger partial charge in [0.1, 0.15) is 0 Å². The number of carbonyl (C=O) groups is 3. The van der Waals surface area contributed by atoms with E-state index < -0.39 is 0 Å². The summed E-state index contributed by atoms with van der Waals surface area (Å²) in [6.45, 7) is 7.37. The Labute approximate surface area is 149 Å². The van der Waals surface area contributed by atoms with E-state index in [4.69, 9.17) is 0 Å². The average molecular weight is 342 g/mol. The van der Waals surface area contributed by atoms with Gasteiger partial charge in [-0.2, -0.15) is 0 Å². The summed E-state index contributed by atoms with van der Waals surface area (Å²) >= 11 is 0. The van der Waals surface area contributed by atoms with Crippen LogP contribution < -0.4 is 0 Å². The van der Waals surface area contributed by atoms with E-state index in [9.17, 15) is 14.4 Å². The summed E-state index contributed by atoms with van der Waals surface area (Å²) in [5.74, 6) is -0.156. The zero-order chi connectivity index (χ0) is 18.1. The van der Waals surface area contributed by atoms with Crippen LogP contribution in [0.5, 0.6) is 0 Å². The minimum Gasteiger partial charge on any atom is -0.335 e. The molecule has 134 valence electrons. The van der Waals surface area contributed by atoms with Crippen LogP contribution in [0.15, 0.2) is 18.2 Å². The zero-order valence-electron chi connectivity index (χ0n) is 15.2. The number of carbonyl (C=O) groups excluding carboxylic acids is 3. The molecule has 0 unspecified atom stereocenters. The Balaban J connectivity index is 1.84. The highest BCUT2D eigenvalue weighted by molar-refractivity contribution is 6.22. The second-order valence-electron chi connectivity index (χ2n) is 7.46. The molecule has 1 heterocycles. The van der Waals surface area contributed by atoms with E-state index >= 15 is 0 Å². The van der Waals surface area contributed by atoms with Crippen molar-refractivity contribution >= 4 is 17.7 Å². The molecule has 3 amide bonds. The first kappa shape index (κ1) is 17.6. The molecule has 0 aromatic heterocycles. The van der Waals surface area contributed by atoms with Crippen molar-refractivity contribution in [2.24, 2.45) is 5.92 Å². The van der Waals surface area contributed by atoms with Gasteiger partial charge in [0, 0.05) is 24.7 Å². The number of fused-ring (bicyclic) bond motifs is 1. The summed E-state index contributed by atoms with van der Waals surface area (Å²) in [5, 5.41) is 0. The summed E-state index contributed by atoms with van der Waals surface area (Å²) in [7, 11) is 0. The number of hydrogen-bond donors (Lipinski definition) is 0. The summed E-state index contributed by atoms with van der Waals surface area (Å²) in [4.78, 5) is 41.1. The maximum atomic E-state index is 12.9. The monoisotopic (exact) mass is 342 g/mol. The van der Waals surface area contributed by atoms with Crippen molar-refractivity contribution in [1.82, 2.24) is 9.80 Å². The zero-order valence-corrected chi connectivity index (χ0v) is 15.2. The van der Waals surface area contributed by atoms with Gasteiger partial charge in [-0.3, -0.25) is 19.3 Å². The van der Waals surface area contributed by atoms with Crippen molar-refractivity contribution in [3.05, 3.63) is 34.9 Å². The minimum absolute atomic E-state index is 0.0359. The van der Waals surface area contributed by atoms with E-state index in [2.05, 4.69) is 13.8 Å². The Bertz CT molecular complexity index is 707. The number of nitrogens with zero attached hydrogens (tertiary/aromatic N) is 2. The van der Waals surface area contributed by atoms with Crippen molar-refractivity contribution in [2.45, 2.75) is 52.5 Å².